The highest BCUT2D eigenvalue weighted by atomic mass is 35.5. The minimum Gasteiger partial charge on any atom is -0.485 e. The van der Waals surface area contributed by atoms with Gasteiger partial charge in [0, 0.05) is 33.6 Å². The van der Waals surface area contributed by atoms with E-state index in [1.165, 1.54) is 11.3 Å². The number of benzene rings is 6. The average molecular weight is 800 g/mol. The smallest absolute Gasteiger partial charge is 0.336 e. The zero-order valence-electron chi connectivity index (χ0n) is 31.8. The van der Waals surface area contributed by atoms with Crippen LogP contribution in [0.1, 0.15) is 32.7 Å². The number of carboxylic acid groups (broad SMARTS) is 1. The molecule has 2 heterocycles. The first-order chi connectivity index (χ1) is 28.3. The van der Waals surface area contributed by atoms with Gasteiger partial charge in [0.15, 0.2) is 17.2 Å². The van der Waals surface area contributed by atoms with Gasteiger partial charge in [0.05, 0.1) is 10.5 Å². The molecule has 6 nitrogen and oxygen atoms in total. The lowest BCUT2D eigenvalue weighted by atomic mass is 10.0. The maximum absolute atomic E-state index is 12.7. The molecule has 286 valence electrons. The third-order valence-corrected chi connectivity index (χ3v) is 11.4. The second-order valence-corrected chi connectivity index (χ2v) is 15.3. The molecule has 0 saturated heterocycles. The summed E-state index contributed by atoms with van der Waals surface area (Å²) in [6.07, 6.45) is 4.80. The van der Waals surface area contributed by atoms with Crippen LogP contribution in [0.5, 0.6) is 23.0 Å². The summed E-state index contributed by atoms with van der Waals surface area (Å²) in [5.41, 5.74) is 8.88. The van der Waals surface area contributed by atoms with E-state index in [1.807, 2.05) is 74.5 Å². The molecule has 2 aromatic heterocycles. The average Bonchev–Trinajstić information content (AvgIpc) is 3.58. The molecule has 0 fully saturated rings. The molecule has 0 aliphatic rings. The van der Waals surface area contributed by atoms with Crippen LogP contribution >= 0.6 is 22.9 Å². The van der Waals surface area contributed by atoms with E-state index in [4.69, 9.17) is 25.8 Å². The third-order valence-electron chi connectivity index (χ3n) is 9.77. The zero-order valence-corrected chi connectivity index (χ0v) is 33.4. The Morgan fingerprint density at radius 2 is 1.17 bits per heavy atom. The Morgan fingerprint density at radius 3 is 1.69 bits per heavy atom. The van der Waals surface area contributed by atoms with Crippen LogP contribution in [0.4, 0.5) is 0 Å². The summed E-state index contributed by atoms with van der Waals surface area (Å²) in [6.45, 7) is 4.45. The van der Waals surface area contributed by atoms with Gasteiger partial charge in [-0.25, -0.2) is 4.79 Å². The van der Waals surface area contributed by atoms with Crippen molar-refractivity contribution < 1.29 is 24.1 Å². The highest BCUT2D eigenvalue weighted by Gasteiger charge is 2.21. The van der Waals surface area contributed by atoms with Crippen molar-refractivity contribution in [3.8, 4) is 45.3 Å². The number of pyridine rings is 1. The quantitative estimate of drug-likeness (QED) is 0.117. The lowest BCUT2D eigenvalue weighted by Gasteiger charge is -2.15. The Morgan fingerprint density at radius 1 is 0.672 bits per heavy atom. The molecule has 0 amide bonds. The molecule has 0 unspecified atom stereocenters. The summed E-state index contributed by atoms with van der Waals surface area (Å²) in [4.78, 5) is 17.4. The number of halogens is 1. The monoisotopic (exact) mass is 799 g/mol. The van der Waals surface area contributed by atoms with E-state index in [9.17, 15) is 9.90 Å². The number of aryl methyl sites for hydroxylation is 2. The minimum absolute atomic E-state index is 0.105. The number of hydrogen-bond acceptors (Lipinski definition) is 6. The fraction of sp³-hybridized carbons (Fsp3) is 0.0800. The largest absolute Gasteiger partial charge is 0.485 e. The molecule has 1 N–H and O–H groups in total. The molecule has 0 bridgehead atoms. The van der Waals surface area contributed by atoms with Crippen molar-refractivity contribution in [2.24, 2.45) is 0 Å². The molecular weight excluding hydrogens is 762 g/mol. The van der Waals surface area contributed by atoms with Gasteiger partial charge in [-0.05, 0) is 100 Å². The Kier molecular flexibility index (Phi) is 11.3. The number of nitrogens with zero attached hydrogens (tertiary/aromatic N) is 1. The van der Waals surface area contributed by atoms with Gasteiger partial charge >= 0.3 is 5.97 Å². The lowest BCUT2D eigenvalue weighted by molar-refractivity contribution is -0.130. The maximum Gasteiger partial charge on any atom is 0.336 e. The van der Waals surface area contributed by atoms with E-state index >= 15 is 0 Å². The number of aromatic nitrogens is 1. The van der Waals surface area contributed by atoms with Crippen LogP contribution in [0.3, 0.4) is 0 Å². The van der Waals surface area contributed by atoms with Crippen LogP contribution < -0.4 is 14.2 Å². The summed E-state index contributed by atoms with van der Waals surface area (Å²) in [5.74, 6) is 1.07. The van der Waals surface area contributed by atoms with Crippen molar-refractivity contribution in [2.75, 3.05) is 0 Å². The first kappa shape index (κ1) is 38.2. The zero-order chi connectivity index (χ0) is 40.0. The number of fused-ring (bicyclic) bond motifs is 1. The highest BCUT2D eigenvalue weighted by Crippen LogP contribution is 2.47. The molecule has 0 spiro atoms. The number of thiophene rings is 1. The molecule has 0 aliphatic heterocycles. The molecule has 0 aliphatic carbocycles. The van der Waals surface area contributed by atoms with E-state index in [0.717, 1.165) is 54.6 Å². The van der Waals surface area contributed by atoms with Gasteiger partial charge in [0.25, 0.3) is 0 Å². The first-order valence-corrected chi connectivity index (χ1v) is 19.9. The minimum atomic E-state index is -1.07. The highest BCUT2D eigenvalue weighted by molar-refractivity contribution is 7.20. The van der Waals surface area contributed by atoms with E-state index < -0.39 is 5.97 Å². The van der Waals surface area contributed by atoms with Crippen LogP contribution in [0.15, 0.2) is 158 Å². The van der Waals surface area contributed by atoms with Crippen LogP contribution in [-0.4, -0.2) is 16.1 Å². The van der Waals surface area contributed by atoms with Crippen LogP contribution in [-0.2, 0) is 18.0 Å². The van der Waals surface area contributed by atoms with Crippen molar-refractivity contribution in [3.05, 3.63) is 196 Å². The number of carbonyl (C=O) groups is 1. The topological polar surface area (TPSA) is 77.9 Å². The molecule has 0 atom stereocenters. The SMILES string of the molecule is Cc1cc(Oc2c(C=C(C(=O)O)c3ccncc3)sc3cc(OCc4ccc(-c5ccccc5)cc4)c(OCc4ccc(-c5ccccc5)cc4)cc23)cc(C)c1Cl. The molecule has 8 heteroatoms. The lowest BCUT2D eigenvalue weighted by Crippen LogP contribution is -2.01. The van der Waals surface area contributed by atoms with Crippen LogP contribution in [0.25, 0.3) is 44.0 Å². The van der Waals surface area contributed by atoms with Crippen LogP contribution in [0.2, 0.25) is 5.02 Å². The van der Waals surface area contributed by atoms with Gasteiger partial charge in [-0.15, -0.1) is 11.3 Å². The van der Waals surface area contributed by atoms with Gasteiger partial charge in [-0.3, -0.25) is 4.98 Å². The van der Waals surface area contributed by atoms with E-state index in [2.05, 4.69) is 77.8 Å². The number of rotatable bonds is 13. The second-order valence-electron chi connectivity index (χ2n) is 13.9. The Bertz CT molecular complexity index is 2710. The molecule has 58 heavy (non-hydrogen) atoms. The second kappa shape index (κ2) is 17.2. The van der Waals surface area contributed by atoms with Gasteiger partial charge < -0.3 is 19.3 Å². The molecular formula is C50H38ClNO5S. The number of aliphatic carboxylic acids is 1. The maximum atomic E-state index is 12.7. The van der Waals surface area contributed by atoms with Crippen molar-refractivity contribution in [2.45, 2.75) is 27.1 Å². The Labute approximate surface area is 346 Å². The predicted octanol–water partition coefficient (Wildman–Crippen LogP) is 13.5. The van der Waals surface area contributed by atoms with E-state index in [0.29, 0.717) is 45.1 Å². The Balaban J connectivity index is 1.19. The standard InChI is InChI=1S/C50H38ClNO5S/c1-32-25-41(26-33(2)48(32)51)57-49-43-27-44(55-30-34-13-17-38(18-14-34)36-9-5-3-6-10-36)45(56-31-35-15-19-39(20-16-35)37-11-7-4-8-12-37)29-46(43)58-47(49)28-42(50(53)54)40-21-23-52-24-22-40/h3-29H,30-31H2,1-2H3,(H,53,54). The normalized spacial score (nSPS) is 11.4. The first-order valence-electron chi connectivity index (χ1n) is 18.7. The number of carboxylic acids is 1. The molecule has 0 saturated carbocycles. The number of hydrogen-bond donors (Lipinski definition) is 1. The molecule has 0 radical (unpaired) electrons. The van der Waals surface area contributed by atoms with Crippen molar-refractivity contribution >= 4 is 50.6 Å². The Hall–Kier alpha value is -6.67. The molecule has 8 aromatic rings. The third kappa shape index (κ3) is 8.66. The van der Waals surface area contributed by atoms with Crippen molar-refractivity contribution in [1.29, 1.82) is 0 Å². The van der Waals surface area contributed by atoms with Gasteiger partial charge in [0.2, 0.25) is 0 Å². The molecule has 6 aromatic carbocycles. The number of ether oxygens (including phenoxy) is 3. The van der Waals surface area contributed by atoms with Gasteiger partial charge in [0.1, 0.15) is 19.0 Å². The molecule has 8 rings (SSSR count). The van der Waals surface area contributed by atoms with Gasteiger partial charge in [-0.2, -0.15) is 0 Å². The van der Waals surface area contributed by atoms with Crippen molar-refractivity contribution in [1.82, 2.24) is 4.98 Å². The van der Waals surface area contributed by atoms with E-state index in [1.54, 1.807) is 30.6 Å². The fourth-order valence-electron chi connectivity index (χ4n) is 6.71. The van der Waals surface area contributed by atoms with E-state index in [-0.39, 0.29) is 12.2 Å². The summed E-state index contributed by atoms with van der Waals surface area (Å²) in [7, 11) is 0. The predicted molar refractivity (Wildman–Crippen MR) is 235 cm³/mol. The summed E-state index contributed by atoms with van der Waals surface area (Å²) in [6, 6.07) is 48.1. The summed E-state index contributed by atoms with van der Waals surface area (Å²) in [5, 5.41) is 11.8. The van der Waals surface area contributed by atoms with Crippen molar-refractivity contribution in [3.63, 3.8) is 0 Å². The summed E-state index contributed by atoms with van der Waals surface area (Å²) < 4.78 is 20.7. The van der Waals surface area contributed by atoms with Crippen LogP contribution in [0, 0.1) is 13.8 Å². The van der Waals surface area contributed by atoms with Gasteiger partial charge in [-0.1, -0.05) is 121 Å². The fourth-order valence-corrected chi connectivity index (χ4v) is 7.91. The summed E-state index contributed by atoms with van der Waals surface area (Å²) >= 11 is 7.95.